The average Bonchev–Trinajstić information content (AvgIpc) is 2.64. The molecule has 1 aromatic heterocycles. The Labute approximate surface area is 153 Å². The fourth-order valence-electron chi connectivity index (χ4n) is 2.91. The Bertz CT molecular complexity index is 704. The van der Waals surface area contributed by atoms with Crippen molar-refractivity contribution in [2.45, 2.75) is 6.54 Å². The molecule has 132 valence electrons. The minimum Gasteiger partial charge on any atom is -0.338 e. The summed E-state index contributed by atoms with van der Waals surface area (Å²) in [5.41, 5.74) is 1.03. The lowest BCUT2D eigenvalue weighted by molar-refractivity contribution is -0.132. The number of halogens is 1. The number of rotatable bonds is 5. The van der Waals surface area contributed by atoms with Gasteiger partial charge in [-0.3, -0.25) is 9.69 Å². The highest BCUT2D eigenvalue weighted by Crippen LogP contribution is 2.16. The van der Waals surface area contributed by atoms with Crippen LogP contribution in [0.15, 0.2) is 42.7 Å². The summed E-state index contributed by atoms with van der Waals surface area (Å²) in [5, 5.41) is 0.735. The van der Waals surface area contributed by atoms with Gasteiger partial charge in [-0.25, -0.2) is 9.97 Å². The number of piperazine rings is 1. The number of anilines is 1. The summed E-state index contributed by atoms with van der Waals surface area (Å²) < 4.78 is 0. The quantitative estimate of drug-likeness (QED) is 0.816. The lowest BCUT2D eigenvalue weighted by atomic mass is 10.2. The molecule has 0 atom stereocenters. The number of hydrogen-bond donors (Lipinski definition) is 0. The van der Waals surface area contributed by atoms with Gasteiger partial charge in [-0.2, -0.15) is 0 Å². The van der Waals surface area contributed by atoms with Crippen LogP contribution in [0.1, 0.15) is 5.56 Å². The van der Waals surface area contributed by atoms with Gasteiger partial charge in [0.05, 0.1) is 6.54 Å². The van der Waals surface area contributed by atoms with E-state index in [-0.39, 0.29) is 5.91 Å². The van der Waals surface area contributed by atoms with Crippen molar-refractivity contribution in [3.8, 4) is 0 Å². The minimum absolute atomic E-state index is 0.142. The van der Waals surface area contributed by atoms with Crippen LogP contribution in [0.2, 0.25) is 5.02 Å². The second-order valence-corrected chi connectivity index (χ2v) is 6.59. The van der Waals surface area contributed by atoms with E-state index in [9.17, 15) is 4.79 Å². The van der Waals surface area contributed by atoms with Crippen LogP contribution >= 0.6 is 11.6 Å². The van der Waals surface area contributed by atoms with Gasteiger partial charge in [0.15, 0.2) is 0 Å². The number of benzene rings is 1. The van der Waals surface area contributed by atoms with Crippen molar-refractivity contribution in [1.29, 1.82) is 0 Å². The third-order valence-electron chi connectivity index (χ3n) is 4.27. The summed E-state index contributed by atoms with van der Waals surface area (Å²) in [7, 11) is 1.94. The van der Waals surface area contributed by atoms with Gasteiger partial charge in [-0.05, 0) is 24.7 Å². The van der Waals surface area contributed by atoms with Crippen LogP contribution in [-0.2, 0) is 11.3 Å². The largest absolute Gasteiger partial charge is 0.338 e. The van der Waals surface area contributed by atoms with Crippen LogP contribution in [0, 0.1) is 0 Å². The van der Waals surface area contributed by atoms with Gasteiger partial charge in [0.1, 0.15) is 0 Å². The number of hydrogen-bond acceptors (Lipinski definition) is 5. The van der Waals surface area contributed by atoms with Crippen LogP contribution in [-0.4, -0.2) is 65.4 Å². The number of likely N-dealkylation sites (N-methyl/N-ethyl adjacent to an activating group) is 1. The second kappa shape index (κ2) is 8.27. The molecular formula is C18H22ClN5O. The maximum Gasteiger partial charge on any atom is 0.236 e. The first-order chi connectivity index (χ1) is 12.1. The molecule has 1 aliphatic rings. The lowest BCUT2D eigenvalue weighted by Crippen LogP contribution is -2.51. The molecular weight excluding hydrogens is 338 g/mol. The highest BCUT2D eigenvalue weighted by Gasteiger charge is 2.23. The molecule has 1 aliphatic heterocycles. The van der Waals surface area contributed by atoms with Crippen molar-refractivity contribution in [3.05, 3.63) is 53.3 Å². The standard InChI is InChI=1S/C18H22ClN5O/c1-22(13-15-5-2-3-6-16(15)19)14-17(25)23-9-11-24(12-10-23)18-20-7-4-8-21-18/h2-8H,9-14H2,1H3. The van der Waals surface area contributed by atoms with Crippen LogP contribution in [0.4, 0.5) is 5.95 Å². The van der Waals surface area contributed by atoms with Gasteiger partial charge in [0.2, 0.25) is 11.9 Å². The zero-order valence-corrected chi connectivity index (χ0v) is 15.1. The Kier molecular flexibility index (Phi) is 5.83. The van der Waals surface area contributed by atoms with Crippen LogP contribution in [0.3, 0.4) is 0 Å². The van der Waals surface area contributed by atoms with Crippen molar-refractivity contribution in [2.75, 3.05) is 44.7 Å². The molecule has 1 aromatic carbocycles. The molecule has 0 bridgehead atoms. The monoisotopic (exact) mass is 359 g/mol. The van der Waals surface area contributed by atoms with Gasteiger partial charge < -0.3 is 9.80 Å². The minimum atomic E-state index is 0.142. The summed E-state index contributed by atoms with van der Waals surface area (Å²) in [4.78, 5) is 27.1. The predicted octanol–water partition coefficient (Wildman–Crippen LogP) is 1.91. The smallest absolute Gasteiger partial charge is 0.236 e. The maximum atomic E-state index is 12.5. The zero-order valence-electron chi connectivity index (χ0n) is 14.3. The fraction of sp³-hybridized carbons (Fsp3) is 0.389. The molecule has 1 amide bonds. The molecule has 0 radical (unpaired) electrons. The first-order valence-corrected chi connectivity index (χ1v) is 8.73. The predicted molar refractivity (Wildman–Crippen MR) is 98.6 cm³/mol. The van der Waals surface area contributed by atoms with Gasteiger partial charge in [-0.15, -0.1) is 0 Å². The molecule has 6 nitrogen and oxygen atoms in total. The Morgan fingerprint density at radius 2 is 1.80 bits per heavy atom. The summed E-state index contributed by atoms with van der Waals surface area (Å²) in [6.07, 6.45) is 3.48. The molecule has 0 unspecified atom stereocenters. The number of amides is 1. The highest BCUT2D eigenvalue weighted by molar-refractivity contribution is 6.31. The Morgan fingerprint density at radius 3 is 2.48 bits per heavy atom. The van der Waals surface area contributed by atoms with E-state index in [2.05, 4.69) is 14.9 Å². The normalized spacial score (nSPS) is 14.8. The van der Waals surface area contributed by atoms with Gasteiger partial charge in [0.25, 0.3) is 0 Å². The molecule has 7 heteroatoms. The Balaban J connectivity index is 1.48. The third-order valence-corrected chi connectivity index (χ3v) is 4.64. The van der Waals surface area contributed by atoms with E-state index in [1.807, 2.05) is 41.1 Å². The Morgan fingerprint density at radius 1 is 1.12 bits per heavy atom. The molecule has 0 aliphatic carbocycles. The van der Waals surface area contributed by atoms with E-state index >= 15 is 0 Å². The molecule has 0 N–H and O–H groups in total. The van der Waals surface area contributed by atoms with Crippen molar-refractivity contribution >= 4 is 23.5 Å². The molecule has 0 spiro atoms. The summed E-state index contributed by atoms with van der Waals surface area (Å²) in [6.45, 7) is 3.93. The van der Waals surface area contributed by atoms with Gasteiger partial charge in [-0.1, -0.05) is 29.8 Å². The third kappa shape index (κ3) is 4.67. The summed E-state index contributed by atoms with van der Waals surface area (Å²) in [6, 6.07) is 9.53. The Hall–Kier alpha value is -2.18. The second-order valence-electron chi connectivity index (χ2n) is 6.18. The van der Waals surface area contributed by atoms with E-state index in [1.54, 1.807) is 18.5 Å². The van der Waals surface area contributed by atoms with Gasteiger partial charge in [0, 0.05) is 50.1 Å². The van der Waals surface area contributed by atoms with Crippen molar-refractivity contribution in [3.63, 3.8) is 0 Å². The van der Waals surface area contributed by atoms with Gasteiger partial charge >= 0.3 is 0 Å². The first-order valence-electron chi connectivity index (χ1n) is 8.35. The lowest BCUT2D eigenvalue weighted by Gasteiger charge is -2.35. The van der Waals surface area contributed by atoms with Crippen molar-refractivity contribution in [1.82, 2.24) is 19.8 Å². The van der Waals surface area contributed by atoms with E-state index in [1.165, 1.54) is 0 Å². The number of carbonyl (C=O) groups excluding carboxylic acids is 1. The summed E-state index contributed by atoms with van der Waals surface area (Å²) in [5.74, 6) is 0.869. The summed E-state index contributed by atoms with van der Waals surface area (Å²) >= 11 is 6.19. The molecule has 2 aromatic rings. The van der Waals surface area contributed by atoms with E-state index in [4.69, 9.17) is 11.6 Å². The number of carbonyl (C=O) groups is 1. The van der Waals surface area contributed by atoms with Crippen molar-refractivity contribution in [2.24, 2.45) is 0 Å². The number of aromatic nitrogens is 2. The maximum absolute atomic E-state index is 12.5. The average molecular weight is 360 g/mol. The molecule has 1 saturated heterocycles. The molecule has 1 fully saturated rings. The topological polar surface area (TPSA) is 52.6 Å². The fourth-order valence-corrected chi connectivity index (χ4v) is 3.11. The van der Waals surface area contributed by atoms with E-state index < -0.39 is 0 Å². The van der Waals surface area contributed by atoms with E-state index in [0.717, 1.165) is 29.6 Å². The molecule has 0 saturated carbocycles. The van der Waals surface area contributed by atoms with E-state index in [0.29, 0.717) is 26.2 Å². The van der Waals surface area contributed by atoms with Crippen LogP contribution in [0.25, 0.3) is 0 Å². The SMILES string of the molecule is CN(CC(=O)N1CCN(c2ncccn2)CC1)Cc1ccccc1Cl. The highest BCUT2D eigenvalue weighted by atomic mass is 35.5. The van der Waals surface area contributed by atoms with Crippen LogP contribution in [0.5, 0.6) is 0 Å². The van der Waals surface area contributed by atoms with Crippen LogP contribution < -0.4 is 4.90 Å². The van der Waals surface area contributed by atoms with Crippen molar-refractivity contribution < 1.29 is 4.79 Å². The zero-order chi connectivity index (χ0) is 17.6. The molecule has 25 heavy (non-hydrogen) atoms. The molecule has 2 heterocycles. The first kappa shape index (κ1) is 17.6. The number of nitrogens with zero attached hydrogens (tertiary/aromatic N) is 5. The molecule has 3 rings (SSSR count).